The molecule has 1 aromatic carbocycles. The van der Waals surface area contributed by atoms with Crippen LogP contribution in [0.2, 0.25) is 0 Å². The zero-order valence-corrected chi connectivity index (χ0v) is 16.6. The van der Waals surface area contributed by atoms with Crippen LogP contribution in [0.5, 0.6) is 11.5 Å². The minimum atomic E-state index is -0.336. The van der Waals surface area contributed by atoms with Gasteiger partial charge in [0.2, 0.25) is 0 Å². The third-order valence-corrected chi connectivity index (χ3v) is 5.15. The Bertz CT molecular complexity index is 922. The molecule has 0 spiro atoms. The minimum absolute atomic E-state index is 0.206. The molecule has 0 atom stereocenters. The number of benzene rings is 1. The van der Waals surface area contributed by atoms with Gasteiger partial charge in [-0.1, -0.05) is 13.3 Å². The molecule has 29 heavy (non-hydrogen) atoms. The summed E-state index contributed by atoms with van der Waals surface area (Å²) in [6.07, 6.45) is 4.62. The van der Waals surface area contributed by atoms with E-state index < -0.39 is 0 Å². The van der Waals surface area contributed by atoms with E-state index in [1.165, 1.54) is 0 Å². The van der Waals surface area contributed by atoms with Crippen molar-refractivity contribution in [2.24, 2.45) is 0 Å². The number of hydrogen-bond acceptors (Lipinski definition) is 5. The first-order chi connectivity index (χ1) is 14.2. The van der Waals surface area contributed by atoms with E-state index in [0.717, 1.165) is 37.8 Å². The summed E-state index contributed by atoms with van der Waals surface area (Å²) >= 11 is 0. The quantitative estimate of drug-likeness (QED) is 0.730. The Hall–Kier alpha value is -3.03. The van der Waals surface area contributed by atoms with Crippen molar-refractivity contribution in [2.75, 3.05) is 25.1 Å². The van der Waals surface area contributed by atoms with Gasteiger partial charge in [-0.2, -0.15) is 0 Å². The van der Waals surface area contributed by atoms with Crippen LogP contribution in [-0.4, -0.2) is 41.1 Å². The minimum Gasteiger partial charge on any atom is -0.486 e. The number of carbonyl (C=O) groups excluding carboxylic acids is 2. The molecular weight excluding hydrogens is 372 g/mol. The molecule has 2 aliphatic heterocycles. The number of carbonyl (C=O) groups is 2. The van der Waals surface area contributed by atoms with Crippen molar-refractivity contribution in [3.8, 4) is 11.5 Å². The van der Waals surface area contributed by atoms with E-state index in [1.807, 2.05) is 4.57 Å². The van der Waals surface area contributed by atoms with Crippen LogP contribution in [-0.2, 0) is 13.0 Å². The normalized spacial score (nSPS) is 14.8. The summed E-state index contributed by atoms with van der Waals surface area (Å²) in [5.41, 5.74) is 1.81. The van der Waals surface area contributed by atoms with Gasteiger partial charge in [0.25, 0.3) is 11.8 Å². The molecule has 0 radical (unpaired) electrons. The Morgan fingerprint density at radius 1 is 1.14 bits per heavy atom. The number of nitrogens with zero attached hydrogens (tertiary/aromatic N) is 2. The van der Waals surface area contributed by atoms with Crippen LogP contribution in [0.4, 0.5) is 5.69 Å². The molecule has 1 aromatic heterocycles. The maximum Gasteiger partial charge on any atom is 0.291 e. The molecule has 0 saturated heterocycles. The van der Waals surface area contributed by atoms with Crippen molar-refractivity contribution >= 4 is 17.5 Å². The largest absolute Gasteiger partial charge is 0.486 e. The molecular formula is C21H26N4O4. The van der Waals surface area contributed by atoms with Crippen LogP contribution in [0.15, 0.2) is 18.2 Å². The van der Waals surface area contributed by atoms with Gasteiger partial charge in [-0.25, -0.2) is 4.98 Å². The Balaban J connectivity index is 1.56. The second-order valence-electron chi connectivity index (χ2n) is 7.26. The molecule has 4 rings (SSSR count). The Labute approximate surface area is 169 Å². The summed E-state index contributed by atoms with van der Waals surface area (Å²) < 4.78 is 13.0. The smallest absolute Gasteiger partial charge is 0.291 e. The molecule has 0 fully saturated rings. The lowest BCUT2D eigenvalue weighted by molar-refractivity contribution is 0.0947. The van der Waals surface area contributed by atoms with Crippen molar-refractivity contribution in [3.05, 3.63) is 35.4 Å². The number of ether oxygens (including phenoxy) is 2. The fourth-order valence-corrected chi connectivity index (χ4v) is 3.67. The van der Waals surface area contributed by atoms with E-state index in [0.29, 0.717) is 49.2 Å². The summed E-state index contributed by atoms with van der Waals surface area (Å²) in [5.74, 6) is 1.00. The van der Waals surface area contributed by atoms with Gasteiger partial charge in [-0.05, 0) is 37.8 Å². The number of rotatable bonds is 6. The fraction of sp³-hybridized carbons (Fsp3) is 0.476. The molecule has 0 saturated carbocycles. The van der Waals surface area contributed by atoms with E-state index in [9.17, 15) is 9.59 Å². The molecule has 2 amide bonds. The van der Waals surface area contributed by atoms with Crippen molar-refractivity contribution < 1.29 is 19.1 Å². The lowest BCUT2D eigenvalue weighted by Gasteiger charge is -2.19. The average molecular weight is 398 g/mol. The first kappa shape index (κ1) is 19.3. The number of imidazole rings is 1. The molecule has 8 heteroatoms. The molecule has 8 nitrogen and oxygen atoms in total. The van der Waals surface area contributed by atoms with E-state index in [4.69, 9.17) is 9.47 Å². The lowest BCUT2D eigenvalue weighted by atomic mass is 10.1. The number of amides is 2. The summed E-state index contributed by atoms with van der Waals surface area (Å²) in [4.78, 5) is 30.0. The van der Waals surface area contributed by atoms with Gasteiger partial charge < -0.3 is 24.7 Å². The van der Waals surface area contributed by atoms with E-state index in [1.54, 1.807) is 18.2 Å². The monoisotopic (exact) mass is 398 g/mol. The maximum atomic E-state index is 13.0. The molecule has 0 bridgehead atoms. The first-order valence-electron chi connectivity index (χ1n) is 10.3. The van der Waals surface area contributed by atoms with Crippen LogP contribution < -0.4 is 20.1 Å². The average Bonchev–Trinajstić information content (AvgIpc) is 3.14. The third-order valence-electron chi connectivity index (χ3n) is 5.15. The van der Waals surface area contributed by atoms with Crippen LogP contribution in [0.3, 0.4) is 0 Å². The van der Waals surface area contributed by atoms with Gasteiger partial charge in [0.1, 0.15) is 18.9 Å². The number of unbranched alkanes of at least 4 members (excludes halogenated alkanes) is 1. The van der Waals surface area contributed by atoms with Crippen LogP contribution >= 0.6 is 0 Å². The van der Waals surface area contributed by atoms with Gasteiger partial charge in [-0.15, -0.1) is 0 Å². The lowest BCUT2D eigenvalue weighted by Crippen LogP contribution is -2.26. The summed E-state index contributed by atoms with van der Waals surface area (Å²) in [6, 6.07) is 5.28. The van der Waals surface area contributed by atoms with Gasteiger partial charge in [0.15, 0.2) is 17.3 Å². The van der Waals surface area contributed by atoms with Crippen LogP contribution in [0.1, 0.15) is 59.4 Å². The zero-order valence-electron chi connectivity index (χ0n) is 16.6. The van der Waals surface area contributed by atoms with Crippen molar-refractivity contribution in [1.29, 1.82) is 0 Å². The van der Waals surface area contributed by atoms with Crippen molar-refractivity contribution in [1.82, 2.24) is 14.9 Å². The molecule has 2 aromatic rings. The van der Waals surface area contributed by atoms with E-state index in [2.05, 4.69) is 22.5 Å². The SMILES string of the molecule is CCCCNC(=O)c1nc(C(=O)Nc2ccc3c(c2)OCCO3)n2c1CCCC2. The fourth-order valence-electron chi connectivity index (χ4n) is 3.67. The highest BCUT2D eigenvalue weighted by molar-refractivity contribution is 6.03. The van der Waals surface area contributed by atoms with E-state index >= 15 is 0 Å². The number of hydrogen-bond donors (Lipinski definition) is 2. The summed E-state index contributed by atoms with van der Waals surface area (Å²) in [6.45, 7) is 4.37. The third kappa shape index (κ3) is 4.06. The zero-order chi connectivity index (χ0) is 20.2. The number of anilines is 1. The Morgan fingerprint density at radius 3 is 2.79 bits per heavy atom. The second-order valence-corrected chi connectivity index (χ2v) is 7.26. The number of fused-ring (bicyclic) bond motifs is 2. The van der Waals surface area contributed by atoms with Crippen molar-refractivity contribution in [2.45, 2.75) is 45.6 Å². The molecule has 0 unspecified atom stereocenters. The molecule has 2 N–H and O–H groups in total. The summed E-state index contributed by atoms with van der Waals surface area (Å²) in [5, 5.41) is 5.78. The highest BCUT2D eigenvalue weighted by Crippen LogP contribution is 2.32. The highest BCUT2D eigenvalue weighted by Gasteiger charge is 2.27. The standard InChI is InChI=1S/C21H26N4O4/c1-2-3-9-22-20(26)18-15-6-4-5-10-25(15)19(24-18)21(27)23-14-7-8-16-17(13-14)29-12-11-28-16/h7-8,13H,2-6,9-12H2,1H3,(H,22,26)(H,23,27). The first-order valence-corrected chi connectivity index (χ1v) is 10.3. The molecule has 3 heterocycles. The Kier molecular flexibility index (Phi) is 5.69. The van der Waals surface area contributed by atoms with Gasteiger partial charge in [-0.3, -0.25) is 9.59 Å². The predicted molar refractivity (Wildman–Crippen MR) is 108 cm³/mol. The summed E-state index contributed by atoms with van der Waals surface area (Å²) in [7, 11) is 0. The van der Waals surface area contributed by atoms with Gasteiger partial charge in [0.05, 0.1) is 5.69 Å². The highest BCUT2D eigenvalue weighted by atomic mass is 16.6. The molecule has 0 aliphatic carbocycles. The van der Waals surface area contributed by atoms with Crippen molar-refractivity contribution in [3.63, 3.8) is 0 Å². The topological polar surface area (TPSA) is 94.5 Å². The van der Waals surface area contributed by atoms with Gasteiger partial charge in [0, 0.05) is 24.8 Å². The predicted octanol–water partition coefficient (Wildman–Crippen LogP) is 2.77. The molecule has 154 valence electrons. The Morgan fingerprint density at radius 2 is 1.97 bits per heavy atom. The second kappa shape index (κ2) is 8.55. The van der Waals surface area contributed by atoms with E-state index in [-0.39, 0.29) is 17.6 Å². The van der Waals surface area contributed by atoms with Crippen LogP contribution in [0.25, 0.3) is 0 Å². The maximum absolute atomic E-state index is 13.0. The molecule has 2 aliphatic rings. The van der Waals surface area contributed by atoms with Gasteiger partial charge >= 0.3 is 0 Å². The number of aromatic nitrogens is 2. The van der Waals surface area contributed by atoms with Crippen LogP contribution in [0, 0.1) is 0 Å². The number of nitrogens with one attached hydrogen (secondary N) is 2.